The Kier molecular flexibility index (Phi) is 6.70. The number of nitrogens with zero attached hydrogens (tertiary/aromatic N) is 6. The maximum Gasteiger partial charge on any atom is 0.245 e. The fourth-order valence-electron chi connectivity index (χ4n) is 6.36. The van der Waals surface area contributed by atoms with Crippen LogP contribution in [0.2, 0.25) is 0 Å². The maximum atomic E-state index is 12.0. The van der Waals surface area contributed by atoms with Crippen molar-refractivity contribution < 1.29 is 4.79 Å². The summed E-state index contributed by atoms with van der Waals surface area (Å²) in [5.74, 6) is 1.65. The number of aromatic nitrogens is 3. The van der Waals surface area contributed by atoms with Crippen LogP contribution >= 0.6 is 0 Å². The van der Waals surface area contributed by atoms with Crippen molar-refractivity contribution in [3.05, 3.63) is 36.3 Å². The van der Waals surface area contributed by atoms with E-state index < -0.39 is 0 Å². The molecular weight excluding hydrogens is 452 g/mol. The van der Waals surface area contributed by atoms with Gasteiger partial charge in [-0.05, 0) is 49.5 Å². The molecule has 9 nitrogen and oxygen atoms in total. The Hall–Kier alpha value is -2.68. The molecule has 0 radical (unpaired) electrons. The lowest BCUT2D eigenvalue weighted by Gasteiger charge is -2.48. The van der Waals surface area contributed by atoms with Gasteiger partial charge >= 0.3 is 0 Å². The van der Waals surface area contributed by atoms with E-state index in [4.69, 9.17) is 4.99 Å². The zero-order valence-corrected chi connectivity index (χ0v) is 22.3. The Balaban J connectivity index is 1.35. The lowest BCUT2D eigenvalue weighted by atomic mass is 9.76. The number of amidine groups is 1. The molecule has 1 aliphatic carbocycles. The van der Waals surface area contributed by atoms with Crippen molar-refractivity contribution in [2.24, 2.45) is 21.7 Å². The Bertz CT molecular complexity index is 1030. The van der Waals surface area contributed by atoms with E-state index in [9.17, 15) is 4.79 Å². The molecule has 2 saturated heterocycles. The van der Waals surface area contributed by atoms with Crippen LogP contribution in [-0.4, -0.2) is 75.0 Å². The Morgan fingerprint density at radius 2 is 2.11 bits per heavy atom. The second-order valence-electron chi connectivity index (χ2n) is 12.5. The van der Waals surface area contributed by atoms with Gasteiger partial charge in [0.25, 0.3) is 0 Å². The zero-order valence-electron chi connectivity index (χ0n) is 22.3. The third kappa shape index (κ3) is 5.21. The van der Waals surface area contributed by atoms with Gasteiger partial charge < -0.3 is 15.5 Å². The number of nitrogens with one attached hydrogen (secondary N) is 2. The van der Waals surface area contributed by atoms with Gasteiger partial charge in [-0.25, -0.2) is 4.99 Å². The summed E-state index contributed by atoms with van der Waals surface area (Å²) < 4.78 is 1.91. The minimum absolute atomic E-state index is 0.0437. The van der Waals surface area contributed by atoms with Crippen LogP contribution in [0.1, 0.15) is 59.8 Å². The summed E-state index contributed by atoms with van der Waals surface area (Å²) in [6, 6.07) is 0.225. The van der Waals surface area contributed by atoms with Gasteiger partial charge in [0.1, 0.15) is 5.84 Å². The summed E-state index contributed by atoms with van der Waals surface area (Å²) in [7, 11) is 0. The molecule has 4 heterocycles. The van der Waals surface area contributed by atoms with Crippen LogP contribution in [0.4, 0.5) is 0 Å². The third-order valence-corrected chi connectivity index (χ3v) is 8.24. The van der Waals surface area contributed by atoms with Gasteiger partial charge in [-0.1, -0.05) is 39.5 Å². The van der Waals surface area contributed by atoms with E-state index in [0.717, 1.165) is 70.7 Å². The van der Waals surface area contributed by atoms with Crippen molar-refractivity contribution in [2.75, 3.05) is 26.2 Å². The highest BCUT2D eigenvalue weighted by Crippen LogP contribution is 2.43. The van der Waals surface area contributed by atoms with E-state index in [1.165, 1.54) is 17.3 Å². The lowest BCUT2D eigenvalue weighted by molar-refractivity contribution is -0.137. The molecule has 2 N–H and O–H groups in total. The summed E-state index contributed by atoms with van der Waals surface area (Å²) in [6.07, 6.45) is 10.4. The number of allylic oxidation sites excluding steroid dienone is 1. The molecule has 9 heteroatoms. The number of rotatable bonds is 7. The topological polar surface area (TPSA) is 90.7 Å². The SMILES string of the molecule is C=CC(=O)N1CC2(CCN(C3N=C(N[C@@H](CC(C)C)Cn4ccnn4)C4=C(CC(C)(C)CC4)N3)C2)C1. The van der Waals surface area contributed by atoms with Crippen LogP contribution in [0.25, 0.3) is 0 Å². The number of carbonyl (C=O) groups is 1. The molecule has 5 rings (SSSR count). The van der Waals surface area contributed by atoms with Crippen molar-refractivity contribution in [3.8, 4) is 0 Å². The van der Waals surface area contributed by atoms with E-state index in [1.807, 2.05) is 15.8 Å². The number of likely N-dealkylation sites (tertiary alicyclic amines) is 2. The second-order valence-corrected chi connectivity index (χ2v) is 12.5. The van der Waals surface area contributed by atoms with Crippen molar-refractivity contribution >= 4 is 11.7 Å². The van der Waals surface area contributed by atoms with E-state index >= 15 is 0 Å². The first-order valence-corrected chi connectivity index (χ1v) is 13.5. The second kappa shape index (κ2) is 9.65. The summed E-state index contributed by atoms with van der Waals surface area (Å²) in [6.45, 7) is 17.3. The molecule has 0 aromatic carbocycles. The van der Waals surface area contributed by atoms with Crippen LogP contribution in [0.3, 0.4) is 0 Å². The highest BCUT2D eigenvalue weighted by Gasteiger charge is 2.50. The molecule has 3 aliphatic heterocycles. The smallest absolute Gasteiger partial charge is 0.245 e. The molecule has 1 spiro atoms. The molecule has 0 bridgehead atoms. The molecule has 36 heavy (non-hydrogen) atoms. The lowest BCUT2D eigenvalue weighted by Crippen LogP contribution is -2.60. The molecule has 2 fully saturated rings. The monoisotopic (exact) mass is 494 g/mol. The van der Waals surface area contributed by atoms with E-state index in [0.29, 0.717) is 5.92 Å². The summed E-state index contributed by atoms with van der Waals surface area (Å²) in [5.41, 5.74) is 3.16. The van der Waals surface area contributed by atoms with Gasteiger partial charge in [-0.15, -0.1) is 5.10 Å². The van der Waals surface area contributed by atoms with Crippen molar-refractivity contribution in [2.45, 2.75) is 78.7 Å². The quantitative estimate of drug-likeness (QED) is 0.567. The fraction of sp³-hybridized carbons (Fsp3) is 0.704. The number of hydrogen-bond donors (Lipinski definition) is 2. The molecule has 1 aromatic heterocycles. The molecule has 1 amide bonds. The Morgan fingerprint density at radius 1 is 1.31 bits per heavy atom. The predicted molar refractivity (Wildman–Crippen MR) is 141 cm³/mol. The Labute approximate surface area is 215 Å². The first kappa shape index (κ1) is 25.0. The van der Waals surface area contributed by atoms with Gasteiger partial charge in [-0.3, -0.25) is 14.4 Å². The van der Waals surface area contributed by atoms with Crippen LogP contribution in [0.5, 0.6) is 0 Å². The van der Waals surface area contributed by atoms with Crippen molar-refractivity contribution in [1.82, 2.24) is 35.4 Å². The molecule has 1 aromatic rings. The summed E-state index contributed by atoms with van der Waals surface area (Å²) in [5, 5.41) is 15.9. The summed E-state index contributed by atoms with van der Waals surface area (Å²) in [4.78, 5) is 21.7. The van der Waals surface area contributed by atoms with Crippen LogP contribution in [0, 0.1) is 16.7 Å². The minimum atomic E-state index is -0.0743. The average Bonchev–Trinajstić information content (AvgIpc) is 3.46. The van der Waals surface area contributed by atoms with E-state index in [-0.39, 0.29) is 29.1 Å². The van der Waals surface area contributed by atoms with E-state index in [2.05, 4.69) is 60.1 Å². The molecule has 4 aliphatic rings. The number of aliphatic imine (C=N–C) groups is 1. The minimum Gasteiger partial charge on any atom is -0.365 e. The van der Waals surface area contributed by atoms with Crippen molar-refractivity contribution in [1.29, 1.82) is 0 Å². The fourth-order valence-corrected chi connectivity index (χ4v) is 6.36. The average molecular weight is 495 g/mol. The van der Waals surface area contributed by atoms with Gasteiger partial charge in [0.05, 0.1) is 12.7 Å². The first-order valence-electron chi connectivity index (χ1n) is 13.5. The molecule has 2 atom stereocenters. The van der Waals surface area contributed by atoms with Gasteiger partial charge in [-0.2, -0.15) is 0 Å². The van der Waals surface area contributed by atoms with Gasteiger partial charge in [0.15, 0.2) is 6.29 Å². The summed E-state index contributed by atoms with van der Waals surface area (Å²) >= 11 is 0. The first-order chi connectivity index (χ1) is 17.2. The molecule has 1 unspecified atom stereocenters. The van der Waals surface area contributed by atoms with Crippen LogP contribution in [-0.2, 0) is 11.3 Å². The number of hydrogen-bond acceptors (Lipinski definition) is 7. The molecular formula is C27H42N8O. The maximum absolute atomic E-state index is 12.0. The number of carbonyl (C=O) groups excluding carboxylic acids is 1. The third-order valence-electron chi connectivity index (χ3n) is 8.24. The van der Waals surface area contributed by atoms with Crippen molar-refractivity contribution in [3.63, 3.8) is 0 Å². The molecule has 196 valence electrons. The Morgan fingerprint density at radius 3 is 2.81 bits per heavy atom. The zero-order chi connectivity index (χ0) is 25.5. The predicted octanol–water partition coefficient (Wildman–Crippen LogP) is 2.75. The van der Waals surface area contributed by atoms with Crippen LogP contribution < -0.4 is 10.6 Å². The van der Waals surface area contributed by atoms with E-state index in [1.54, 1.807) is 6.20 Å². The largest absolute Gasteiger partial charge is 0.365 e. The highest BCUT2D eigenvalue weighted by atomic mass is 16.2. The van der Waals surface area contributed by atoms with Crippen LogP contribution in [0.15, 0.2) is 41.3 Å². The normalized spacial score (nSPS) is 25.8. The number of amides is 1. The highest BCUT2D eigenvalue weighted by molar-refractivity contribution is 6.00. The van der Waals surface area contributed by atoms with Gasteiger partial charge in [0, 0.05) is 55.1 Å². The standard InChI is InChI=1S/C27H42N8O/c1-6-23(36)34-17-27(18-34)9-11-33(16-27)25-30-22-14-26(4,5)8-7-21(22)24(31-25)29-20(13-19(2)3)15-35-12-10-28-32-35/h6,10,12,19-20,25,30H,1,7-9,11,13-18H2,2-5H3,(H,29,31)/t20-,25?/m0/s1. The van der Waals surface area contributed by atoms with Gasteiger partial charge in [0.2, 0.25) is 5.91 Å². The molecule has 0 saturated carbocycles.